The van der Waals surface area contributed by atoms with Crippen LogP contribution in [-0.4, -0.2) is 82.9 Å². The average Bonchev–Trinajstić information content (AvgIpc) is 2.47. The Labute approximate surface area is 123 Å². The maximum Gasteiger partial charge on any atom is 0.212 e. The molecule has 0 saturated carbocycles. The number of rotatable bonds is 10. The molecule has 0 bridgehead atoms. The Morgan fingerprint density at radius 1 is 1.20 bits per heavy atom. The summed E-state index contributed by atoms with van der Waals surface area (Å²) in [6, 6.07) is 0. The molecule has 0 aromatic carbocycles. The van der Waals surface area contributed by atoms with E-state index in [9.17, 15) is 8.42 Å². The molecule has 1 saturated heterocycles. The lowest BCUT2D eigenvalue weighted by atomic mass is 10.4. The lowest BCUT2D eigenvalue weighted by Gasteiger charge is -2.26. The summed E-state index contributed by atoms with van der Waals surface area (Å²) in [5.74, 6) is 0.207. The van der Waals surface area contributed by atoms with Crippen molar-refractivity contribution in [1.82, 2.24) is 19.8 Å². The molecule has 20 heavy (non-hydrogen) atoms. The van der Waals surface area contributed by atoms with Crippen molar-refractivity contribution < 1.29 is 8.42 Å². The minimum absolute atomic E-state index is 0.207. The van der Waals surface area contributed by atoms with Crippen molar-refractivity contribution in [2.75, 3.05) is 64.7 Å². The maximum atomic E-state index is 11.9. The van der Waals surface area contributed by atoms with Crippen LogP contribution >= 0.6 is 0 Å². The van der Waals surface area contributed by atoms with E-state index in [0.717, 1.165) is 52.2 Å². The summed E-state index contributed by atoms with van der Waals surface area (Å²) in [5, 5.41) is 3.26. The first-order chi connectivity index (χ1) is 9.57. The molecule has 0 amide bonds. The van der Waals surface area contributed by atoms with Gasteiger partial charge >= 0.3 is 0 Å². The fraction of sp³-hybridized carbons (Fsp3) is 1.00. The van der Waals surface area contributed by atoms with E-state index >= 15 is 0 Å². The Morgan fingerprint density at radius 2 is 1.85 bits per heavy atom. The van der Waals surface area contributed by atoms with Gasteiger partial charge in [0, 0.05) is 39.3 Å². The van der Waals surface area contributed by atoms with E-state index in [1.165, 1.54) is 0 Å². The van der Waals surface area contributed by atoms with Crippen molar-refractivity contribution in [2.45, 2.75) is 20.3 Å². The van der Waals surface area contributed by atoms with Crippen LogP contribution in [0.4, 0.5) is 0 Å². The summed E-state index contributed by atoms with van der Waals surface area (Å²) in [6.07, 6.45) is 0.870. The topological polar surface area (TPSA) is 64.7 Å². The van der Waals surface area contributed by atoms with Gasteiger partial charge in [-0.05, 0) is 26.1 Å². The number of nitrogens with zero attached hydrogens (tertiary/aromatic N) is 2. The standard InChI is InChI=1S/C13H30N4O2S/c1-3-16(4-2)9-5-6-15-20(18,19)13-12-17-10-7-14-8-11-17/h14-15H,3-13H2,1-2H3. The van der Waals surface area contributed by atoms with Crippen LogP contribution in [0.3, 0.4) is 0 Å². The minimum Gasteiger partial charge on any atom is -0.314 e. The summed E-state index contributed by atoms with van der Waals surface area (Å²) in [4.78, 5) is 4.50. The third kappa shape index (κ3) is 7.54. The SMILES string of the molecule is CCN(CC)CCCNS(=O)(=O)CCN1CCNCC1. The molecule has 1 aliphatic heterocycles. The van der Waals surface area contributed by atoms with Crippen LogP contribution in [0, 0.1) is 0 Å². The highest BCUT2D eigenvalue weighted by Gasteiger charge is 2.14. The largest absolute Gasteiger partial charge is 0.314 e. The molecular weight excluding hydrogens is 276 g/mol. The van der Waals surface area contributed by atoms with Gasteiger partial charge in [-0.1, -0.05) is 13.8 Å². The molecule has 1 heterocycles. The van der Waals surface area contributed by atoms with Gasteiger partial charge in [0.15, 0.2) is 0 Å². The van der Waals surface area contributed by atoms with Gasteiger partial charge in [0.1, 0.15) is 0 Å². The van der Waals surface area contributed by atoms with E-state index < -0.39 is 10.0 Å². The maximum absolute atomic E-state index is 11.9. The van der Waals surface area contributed by atoms with Crippen molar-refractivity contribution in [2.24, 2.45) is 0 Å². The number of nitrogens with one attached hydrogen (secondary N) is 2. The quantitative estimate of drug-likeness (QED) is 0.535. The molecule has 6 nitrogen and oxygen atoms in total. The second kappa shape index (κ2) is 9.68. The molecule has 0 aliphatic carbocycles. The van der Waals surface area contributed by atoms with Crippen LogP contribution in [-0.2, 0) is 10.0 Å². The number of sulfonamides is 1. The zero-order valence-electron chi connectivity index (χ0n) is 12.9. The first-order valence-corrected chi connectivity index (χ1v) is 9.35. The normalized spacial score (nSPS) is 17.8. The molecule has 1 rings (SSSR count). The Kier molecular flexibility index (Phi) is 8.63. The molecule has 0 aromatic heterocycles. The molecule has 1 aliphatic rings. The molecule has 1 fully saturated rings. The molecule has 0 spiro atoms. The van der Waals surface area contributed by atoms with Crippen molar-refractivity contribution in [3.8, 4) is 0 Å². The molecule has 2 N–H and O–H groups in total. The van der Waals surface area contributed by atoms with Gasteiger partial charge in [-0.2, -0.15) is 0 Å². The van der Waals surface area contributed by atoms with Gasteiger partial charge in [0.05, 0.1) is 5.75 Å². The Balaban J connectivity index is 2.14. The van der Waals surface area contributed by atoms with Gasteiger partial charge in [-0.25, -0.2) is 13.1 Å². The predicted molar refractivity (Wildman–Crippen MR) is 83.5 cm³/mol. The fourth-order valence-corrected chi connectivity index (χ4v) is 3.42. The summed E-state index contributed by atoms with van der Waals surface area (Å²) in [7, 11) is -3.12. The van der Waals surface area contributed by atoms with Crippen LogP contribution in [0.1, 0.15) is 20.3 Å². The monoisotopic (exact) mass is 306 g/mol. The molecule has 7 heteroatoms. The third-order valence-electron chi connectivity index (χ3n) is 3.75. The van der Waals surface area contributed by atoms with E-state index in [1.54, 1.807) is 0 Å². The van der Waals surface area contributed by atoms with E-state index in [0.29, 0.717) is 13.1 Å². The lowest BCUT2D eigenvalue weighted by Crippen LogP contribution is -2.46. The zero-order valence-corrected chi connectivity index (χ0v) is 13.7. The van der Waals surface area contributed by atoms with Gasteiger partial charge in [-0.15, -0.1) is 0 Å². The first-order valence-electron chi connectivity index (χ1n) is 7.70. The Bertz CT molecular complexity index is 338. The van der Waals surface area contributed by atoms with Crippen LogP contribution in [0.2, 0.25) is 0 Å². The van der Waals surface area contributed by atoms with Gasteiger partial charge in [0.25, 0.3) is 0 Å². The highest BCUT2D eigenvalue weighted by Crippen LogP contribution is 1.95. The summed E-state index contributed by atoms with van der Waals surface area (Å²) in [6.45, 7) is 12.2. The van der Waals surface area contributed by atoms with Crippen LogP contribution in [0.15, 0.2) is 0 Å². The third-order valence-corrected chi connectivity index (χ3v) is 5.12. The predicted octanol–water partition coefficient (Wildman–Crippen LogP) is -0.457. The highest BCUT2D eigenvalue weighted by atomic mass is 32.2. The van der Waals surface area contributed by atoms with Crippen LogP contribution in [0.25, 0.3) is 0 Å². The lowest BCUT2D eigenvalue weighted by molar-refractivity contribution is 0.253. The summed E-state index contributed by atoms with van der Waals surface area (Å²) >= 11 is 0. The van der Waals surface area contributed by atoms with E-state index in [4.69, 9.17) is 0 Å². The van der Waals surface area contributed by atoms with Crippen molar-refractivity contribution >= 4 is 10.0 Å². The smallest absolute Gasteiger partial charge is 0.212 e. The number of hydrogen-bond acceptors (Lipinski definition) is 5. The second-order valence-electron chi connectivity index (χ2n) is 5.19. The van der Waals surface area contributed by atoms with Crippen molar-refractivity contribution in [3.05, 3.63) is 0 Å². The van der Waals surface area contributed by atoms with Crippen LogP contribution < -0.4 is 10.0 Å². The number of piperazine rings is 1. The van der Waals surface area contributed by atoms with Crippen molar-refractivity contribution in [3.63, 3.8) is 0 Å². The fourth-order valence-electron chi connectivity index (χ4n) is 2.33. The van der Waals surface area contributed by atoms with E-state index in [1.807, 2.05) is 0 Å². The van der Waals surface area contributed by atoms with Gasteiger partial charge in [-0.3, -0.25) is 4.90 Å². The Hall–Kier alpha value is -0.210. The average molecular weight is 306 g/mol. The first kappa shape index (κ1) is 17.8. The minimum atomic E-state index is -3.12. The van der Waals surface area contributed by atoms with Gasteiger partial charge < -0.3 is 10.2 Å². The van der Waals surface area contributed by atoms with Gasteiger partial charge in [0.2, 0.25) is 10.0 Å². The summed E-state index contributed by atoms with van der Waals surface area (Å²) in [5.41, 5.74) is 0. The highest BCUT2D eigenvalue weighted by molar-refractivity contribution is 7.89. The zero-order chi connectivity index (χ0) is 14.8. The van der Waals surface area contributed by atoms with Crippen LogP contribution in [0.5, 0.6) is 0 Å². The molecule has 0 atom stereocenters. The molecule has 120 valence electrons. The molecule has 0 aromatic rings. The Morgan fingerprint density at radius 3 is 2.45 bits per heavy atom. The second-order valence-corrected chi connectivity index (χ2v) is 7.11. The summed E-state index contributed by atoms with van der Waals surface area (Å²) < 4.78 is 26.5. The molecule has 0 unspecified atom stereocenters. The molecule has 0 radical (unpaired) electrons. The van der Waals surface area contributed by atoms with E-state index in [2.05, 4.69) is 33.7 Å². The van der Waals surface area contributed by atoms with E-state index in [-0.39, 0.29) is 5.75 Å². The number of hydrogen-bond donors (Lipinski definition) is 2. The van der Waals surface area contributed by atoms with Crippen molar-refractivity contribution in [1.29, 1.82) is 0 Å². The molecular formula is C13H30N4O2S.